The number of aliphatic hydroxyl groups excluding tert-OH is 1. The Labute approximate surface area is 124 Å². The molecule has 3 atom stereocenters. The summed E-state index contributed by atoms with van der Waals surface area (Å²) in [6, 6.07) is 4.71. The zero-order valence-electron chi connectivity index (χ0n) is 12.3. The van der Waals surface area contributed by atoms with E-state index in [1.807, 2.05) is 18.6 Å². The van der Waals surface area contributed by atoms with E-state index in [1.165, 1.54) is 19.1 Å². The standard InChI is InChI=1S/C14H21NO5S/c1-4-9(2)11-5-7-12(8-6-11)21(19,20)15-13(10(3)16)14(17)18/h5-10,13,15-16H,4H2,1-3H3,(H,17,18). The molecule has 0 aromatic heterocycles. The minimum Gasteiger partial charge on any atom is -0.480 e. The summed E-state index contributed by atoms with van der Waals surface area (Å²) in [5.74, 6) is -1.11. The normalized spacial score (nSPS) is 16.2. The third kappa shape index (κ3) is 4.52. The number of hydrogen-bond donors (Lipinski definition) is 3. The van der Waals surface area contributed by atoms with Gasteiger partial charge in [0.1, 0.15) is 6.04 Å². The average Bonchev–Trinajstić information content (AvgIpc) is 2.43. The summed E-state index contributed by atoms with van der Waals surface area (Å²) in [5, 5.41) is 18.2. The fourth-order valence-electron chi connectivity index (χ4n) is 1.80. The smallest absolute Gasteiger partial charge is 0.324 e. The number of carboxylic acid groups (broad SMARTS) is 1. The van der Waals surface area contributed by atoms with Crippen LogP contribution in [0.3, 0.4) is 0 Å². The van der Waals surface area contributed by atoms with Crippen LogP contribution in [0.5, 0.6) is 0 Å². The quantitative estimate of drug-likeness (QED) is 0.704. The van der Waals surface area contributed by atoms with E-state index in [4.69, 9.17) is 5.11 Å². The number of aliphatic hydroxyl groups is 1. The van der Waals surface area contributed by atoms with E-state index in [1.54, 1.807) is 12.1 Å². The molecule has 0 bridgehead atoms. The van der Waals surface area contributed by atoms with E-state index in [9.17, 15) is 18.3 Å². The molecular weight excluding hydrogens is 294 g/mol. The molecule has 0 heterocycles. The number of benzene rings is 1. The van der Waals surface area contributed by atoms with Crippen molar-refractivity contribution in [3.05, 3.63) is 29.8 Å². The highest BCUT2D eigenvalue weighted by atomic mass is 32.2. The van der Waals surface area contributed by atoms with Gasteiger partial charge in [-0.1, -0.05) is 26.0 Å². The fourth-order valence-corrected chi connectivity index (χ4v) is 3.06. The van der Waals surface area contributed by atoms with Crippen LogP contribution in [0.15, 0.2) is 29.2 Å². The topological polar surface area (TPSA) is 104 Å². The first-order valence-corrected chi connectivity index (χ1v) is 8.20. The summed E-state index contributed by atoms with van der Waals surface area (Å²) >= 11 is 0. The first-order valence-electron chi connectivity index (χ1n) is 6.72. The summed E-state index contributed by atoms with van der Waals surface area (Å²) in [5.41, 5.74) is 1.02. The Hall–Kier alpha value is -1.44. The van der Waals surface area contributed by atoms with Gasteiger partial charge in [0.15, 0.2) is 0 Å². The van der Waals surface area contributed by atoms with E-state index < -0.39 is 28.1 Å². The number of nitrogens with one attached hydrogen (secondary N) is 1. The van der Waals surface area contributed by atoms with E-state index >= 15 is 0 Å². The van der Waals surface area contributed by atoms with E-state index in [0.717, 1.165) is 12.0 Å². The van der Waals surface area contributed by atoms with Crippen LogP contribution in [0.4, 0.5) is 0 Å². The predicted molar refractivity (Wildman–Crippen MR) is 78.6 cm³/mol. The largest absolute Gasteiger partial charge is 0.480 e. The summed E-state index contributed by atoms with van der Waals surface area (Å²) in [4.78, 5) is 10.9. The minimum absolute atomic E-state index is 0.0264. The zero-order chi connectivity index (χ0) is 16.2. The average molecular weight is 315 g/mol. The van der Waals surface area contributed by atoms with Crippen molar-refractivity contribution in [2.75, 3.05) is 0 Å². The van der Waals surface area contributed by atoms with Crippen LogP contribution >= 0.6 is 0 Å². The van der Waals surface area contributed by atoms with Crippen LogP contribution in [0.1, 0.15) is 38.7 Å². The van der Waals surface area contributed by atoms with Crippen molar-refractivity contribution in [1.82, 2.24) is 4.72 Å². The van der Waals surface area contributed by atoms with Gasteiger partial charge < -0.3 is 10.2 Å². The Kier molecular flexibility index (Phi) is 5.88. The van der Waals surface area contributed by atoms with E-state index in [2.05, 4.69) is 0 Å². The maximum atomic E-state index is 12.1. The summed E-state index contributed by atoms with van der Waals surface area (Å²) in [7, 11) is -3.99. The van der Waals surface area contributed by atoms with Crippen LogP contribution in [0.25, 0.3) is 0 Å². The third-order valence-electron chi connectivity index (χ3n) is 3.40. The molecule has 6 nitrogen and oxygen atoms in total. The molecule has 21 heavy (non-hydrogen) atoms. The maximum absolute atomic E-state index is 12.1. The van der Waals surface area contributed by atoms with Crippen molar-refractivity contribution in [3.63, 3.8) is 0 Å². The Morgan fingerprint density at radius 3 is 2.14 bits per heavy atom. The molecular formula is C14H21NO5S. The van der Waals surface area contributed by atoms with E-state index in [0.29, 0.717) is 5.92 Å². The molecule has 0 aliphatic heterocycles. The maximum Gasteiger partial charge on any atom is 0.324 e. The fraction of sp³-hybridized carbons (Fsp3) is 0.500. The highest BCUT2D eigenvalue weighted by molar-refractivity contribution is 7.89. The number of hydrogen-bond acceptors (Lipinski definition) is 4. The summed E-state index contributed by atoms with van der Waals surface area (Å²) in [6.07, 6.45) is -0.398. The molecule has 3 unspecified atom stereocenters. The molecule has 1 aromatic rings. The van der Waals surface area contributed by atoms with Crippen molar-refractivity contribution < 1.29 is 23.4 Å². The Bertz CT molecular complexity index is 580. The van der Waals surface area contributed by atoms with Gasteiger partial charge in [-0.05, 0) is 37.0 Å². The van der Waals surface area contributed by atoms with Crippen LogP contribution in [-0.2, 0) is 14.8 Å². The lowest BCUT2D eigenvalue weighted by Crippen LogP contribution is -2.47. The second kappa shape index (κ2) is 7.02. The number of rotatable bonds is 7. The van der Waals surface area contributed by atoms with Gasteiger partial charge in [0.25, 0.3) is 0 Å². The van der Waals surface area contributed by atoms with Crippen molar-refractivity contribution in [1.29, 1.82) is 0 Å². The first-order chi connectivity index (χ1) is 9.69. The number of carboxylic acids is 1. The number of sulfonamides is 1. The Morgan fingerprint density at radius 1 is 1.24 bits per heavy atom. The third-order valence-corrected chi connectivity index (χ3v) is 4.86. The Balaban J connectivity index is 3.00. The molecule has 0 aliphatic carbocycles. The van der Waals surface area contributed by atoms with Gasteiger partial charge in [-0.25, -0.2) is 8.42 Å². The van der Waals surface area contributed by atoms with E-state index in [-0.39, 0.29) is 4.90 Å². The molecule has 0 aliphatic rings. The van der Waals surface area contributed by atoms with Crippen molar-refractivity contribution >= 4 is 16.0 Å². The molecule has 0 saturated heterocycles. The molecule has 1 rings (SSSR count). The van der Waals surface area contributed by atoms with Gasteiger partial charge in [0, 0.05) is 0 Å². The molecule has 1 aromatic carbocycles. The number of aliphatic carboxylic acids is 1. The number of carbonyl (C=O) groups is 1. The molecule has 0 amide bonds. The van der Waals surface area contributed by atoms with Gasteiger partial charge in [0.05, 0.1) is 11.0 Å². The van der Waals surface area contributed by atoms with Crippen LogP contribution in [-0.4, -0.2) is 36.7 Å². The molecule has 0 radical (unpaired) electrons. The molecule has 118 valence electrons. The van der Waals surface area contributed by atoms with Crippen molar-refractivity contribution in [2.45, 2.75) is 50.2 Å². The lowest BCUT2D eigenvalue weighted by Gasteiger charge is -2.17. The molecule has 3 N–H and O–H groups in total. The predicted octanol–water partition coefficient (Wildman–Crippen LogP) is 1.31. The van der Waals surface area contributed by atoms with Gasteiger partial charge in [-0.2, -0.15) is 4.72 Å². The zero-order valence-corrected chi connectivity index (χ0v) is 13.1. The van der Waals surface area contributed by atoms with Gasteiger partial charge in [-0.15, -0.1) is 0 Å². The van der Waals surface area contributed by atoms with Gasteiger partial charge >= 0.3 is 5.97 Å². The monoisotopic (exact) mass is 315 g/mol. The van der Waals surface area contributed by atoms with Crippen LogP contribution < -0.4 is 4.72 Å². The Morgan fingerprint density at radius 2 is 1.76 bits per heavy atom. The summed E-state index contributed by atoms with van der Waals surface area (Å²) < 4.78 is 26.2. The lowest BCUT2D eigenvalue weighted by molar-refractivity contribution is -0.141. The molecule has 0 fully saturated rings. The van der Waals surface area contributed by atoms with Crippen molar-refractivity contribution in [3.8, 4) is 0 Å². The van der Waals surface area contributed by atoms with Crippen LogP contribution in [0.2, 0.25) is 0 Å². The van der Waals surface area contributed by atoms with Gasteiger partial charge in [-0.3, -0.25) is 4.79 Å². The summed E-state index contributed by atoms with van der Waals surface area (Å²) in [6.45, 7) is 5.29. The second-order valence-electron chi connectivity index (χ2n) is 5.06. The second-order valence-corrected chi connectivity index (χ2v) is 6.77. The molecule has 7 heteroatoms. The molecule has 0 spiro atoms. The highest BCUT2D eigenvalue weighted by Crippen LogP contribution is 2.20. The highest BCUT2D eigenvalue weighted by Gasteiger charge is 2.29. The SMILES string of the molecule is CCC(C)c1ccc(S(=O)(=O)NC(C(=O)O)C(C)O)cc1. The first kappa shape index (κ1) is 17.6. The van der Waals surface area contributed by atoms with Crippen LogP contribution in [0, 0.1) is 0 Å². The lowest BCUT2D eigenvalue weighted by atomic mass is 9.99. The van der Waals surface area contributed by atoms with Gasteiger partial charge in [0.2, 0.25) is 10.0 Å². The van der Waals surface area contributed by atoms with Crippen molar-refractivity contribution in [2.24, 2.45) is 0 Å². The molecule has 0 saturated carbocycles. The minimum atomic E-state index is -3.99.